The van der Waals surface area contributed by atoms with Crippen LogP contribution in [0.15, 0.2) is 48.9 Å². The SMILES string of the molecule is Cn1ccnc1C1CNCCN1C(=O)c1ccnc2ccccc12. The smallest absolute Gasteiger partial charge is 0.255 e. The second kappa shape index (κ2) is 6.05. The molecule has 1 aliphatic heterocycles. The Morgan fingerprint density at radius 1 is 1.21 bits per heavy atom. The van der Waals surface area contributed by atoms with Gasteiger partial charge in [0.05, 0.1) is 11.1 Å². The normalized spacial score (nSPS) is 18.0. The van der Waals surface area contributed by atoms with Crippen LogP contribution in [0.2, 0.25) is 0 Å². The van der Waals surface area contributed by atoms with Crippen molar-refractivity contribution in [3.63, 3.8) is 0 Å². The number of amides is 1. The molecule has 4 rings (SSSR count). The van der Waals surface area contributed by atoms with E-state index in [0.29, 0.717) is 18.7 Å². The average Bonchev–Trinajstić information content (AvgIpc) is 3.06. The number of carbonyl (C=O) groups is 1. The van der Waals surface area contributed by atoms with Crippen LogP contribution in [0.3, 0.4) is 0 Å². The van der Waals surface area contributed by atoms with Crippen LogP contribution >= 0.6 is 0 Å². The molecule has 2 aromatic heterocycles. The van der Waals surface area contributed by atoms with E-state index in [1.807, 2.05) is 53.0 Å². The summed E-state index contributed by atoms with van der Waals surface area (Å²) < 4.78 is 1.97. The van der Waals surface area contributed by atoms with Gasteiger partial charge in [-0.05, 0) is 12.1 Å². The van der Waals surface area contributed by atoms with Crippen LogP contribution < -0.4 is 5.32 Å². The average molecular weight is 321 g/mol. The zero-order chi connectivity index (χ0) is 16.5. The number of imidazole rings is 1. The van der Waals surface area contributed by atoms with Crippen molar-refractivity contribution in [3.05, 3.63) is 60.3 Å². The van der Waals surface area contributed by atoms with Gasteiger partial charge in [-0.1, -0.05) is 18.2 Å². The number of nitrogens with one attached hydrogen (secondary N) is 1. The Morgan fingerprint density at radius 2 is 2.08 bits per heavy atom. The highest BCUT2D eigenvalue weighted by Gasteiger charge is 2.31. The van der Waals surface area contributed by atoms with Crippen molar-refractivity contribution in [2.75, 3.05) is 19.6 Å². The van der Waals surface area contributed by atoms with Crippen LogP contribution in [0.25, 0.3) is 10.9 Å². The van der Waals surface area contributed by atoms with Gasteiger partial charge in [0.25, 0.3) is 5.91 Å². The first-order valence-electron chi connectivity index (χ1n) is 8.08. The third-order valence-electron chi connectivity index (χ3n) is 4.54. The summed E-state index contributed by atoms with van der Waals surface area (Å²) >= 11 is 0. The summed E-state index contributed by atoms with van der Waals surface area (Å²) in [6.07, 6.45) is 5.39. The van der Waals surface area contributed by atoms with Gasteiger partial charge in [-0.15, -0.1) is 0 Å². The molecule has 6 nitrogen and oxygen atoms in total. The summed E-state index contributed by atoms with van der Waals surface area (Å²) in [5, 5.41) is 4.26. The molecule has 1 amide bonds. The highest BCUT2D eigenvalue weighted by Crippen LogP contribution is 2.25. The molecule has 6 heteroatoms. The van der Waals surface area contributed by atoms with Gasteiger partial charge in [-0.2, -0.15) is 0 Å². The minimum absolute atomic E-state index is 0.0306. The van der Waals surface area contributed by atoms with E-state index < -0.39 is 0 Å². The Labute approximate surface area is 140 Å². The van der Waals surface area contributed by atoms with Crippen molar-refractivity contribution in [1.82, 2.24) is 24.8 Å². The molecule has 1 aromatic carbocycles. The second-order valence-corrected chi connectivity index (χ2v) is 5.99. The van der Waals surface area contributed by atoms with Crippen molar-refractivity contribution in [2.45, 2.75) is 6.04 Å². The monoisotopic (exact) mass is 321 g/mol. The molecule has 1 unspecified atom stereocenters. The molecule has 24 heavy (non-hydrogen) atoms. The molecule has 0 saturated carbocycles. The van der Waals surface area contributed by atoms with Crippen LogP contribution in [0.1, 0.15) is 22.2 Å². The van der Waals surface area contributed by atoms with Crippen LogP contribution in [0.5, 0.6) is 0 Å². The van der Waals surface area contributed by atoms with E-state index in [1.165, 1.54) is 0 Å². The molecule has 1 N–H and O–H groups in total. The molecule has 0 aliphatic carbocycles. The fraction of sp³-hybridized carbons (Fsp3) is 0.278. The number of hydrogen-bond donors (Lipinski definition) is 1. The number of fused-ring (bicyclic) bond motifs is 1. The number of aryl methyl sites for hydroxylation is 1. The number of piperazine rings is 1. The van der Waals surface area contributed by atoms with E-state index in [4.69, 9.17) is 0 Å². The zero-order valence-corrected chi connectivity index (χ0v) is 13.5. The van der Waals surface area contributed by atoms with Crippen molar-refractivity contribution in [3.8, 4) is 0 Å². The fourth-order valence-electron chi connectivity index (χ4n) is 3.31. The number of aromatic nitrogens is 3. The van der Waals surface area contributed by atoms with E-state index >= 15 is 0 Å². The van der Waals surface area contributed by atoms with Gasteiger partial charge >= 0.3 is 0 Å². The van der Waals surface area contributed by atoms with E-state index in [-0.39, 0.29) is 11.9 Å². The summed E-state index contributed by atoms with van der Waals surface area (Å²) in [6, 6.07) is 9.49. The molecule has 122 valence electrons. The van der Waals surface area contributed by atoms with Crippen LogP contribution in [-0.4, -0.2) is 45.0 Å². The summed E-state index contributed by atoms with van der Waals surface area (Å²) in [5.74, 6) is 0.928. The fourth-order valence-corrected chi connectivity index (χ4v) is 3.31. The number of pyridine rings is 1. The number of rotatable bonds is 2. The van der Waals surface area contributed by atoms with Gasteiger partial charge in [0.15, 0.2) is 0 Å². The van der Waals surface area contributed by atoms with Crippen LogP contribution in [0, 0.1) is 0 Å². The molecule has 3 heterocycles. The number of para-hydroxylation sites is 1. The van der Waals surface area contributed by atoms with E-state index in [2.05, 4.69) is 15.3 Å². The molecule has 3 aromatic rings. The molecule has 0 bridgehead atoms. The minimum atomic E-state index is -0.0711. The topological polar surface area (TPSA) is 63.1 Å². The van der Waals surface area contributed by atoms with Crippen molar-refractivity contribution in [2.24, 2.45) is 7.05 Å². The first-order chi connectivity index (χ1) is 11.8. The number of hydrogen-bond acceptors (Lipinski definition) is 4. The number of nitrogens with zero attached hydrogens (tertiary/aromatic N) is 4. The van der Waals surface area contributed by atoms with Gasteiger partial charge < -0.3 is 14.8 Å². The molecule has 0 spiro atoms. The summed E-state index contributed by atoms with van der Waals surface area (Å²) in [5.41, 5.74) is 1.54. The predicted octanol–water partition coefficient (Wildman–Crippen LogP) is 1.75. The number of carbonyl (C=O) groups excluding carboxylic acids is 1. The molecule has 1 atom stereocenters. The van der Waals surface area contributed by atoms with Crippen molar-refractivity contribution in [1.29, 1.82) is 0 Å². The molecule has 1 aliphatic rings. The first kappa shape index (κ1) is 14.8. The standard InChI is InChI=1S/C18H19N5O/c1-22-10-9-21-17(22)16-12-19-8-11-23(16)18(24)14-6-7-20-15-5-3-2-4-13(14)15/h2-7,9-10,16,19H,8,11-12H2,1H3. The predicted molar refractivity (Wildman–Crippen MR) is 91.6 cm³/mol. The highest BCUT2D eigenvalue weighted by atomic mass is 16.2. The van der Waals surface area contributed by atoms with Crippen molar-refractivity contribution < 1.29 is 4.79 Å². The number of benzene rings is 1. The van der Waals surface area contributed by atoms with Crippen LogP contribution in [0.4, 0.5) is 0 Å². The molecular formula is C18H19N5O. The van der Waals surface area contributed by atoms with Gasteiger partial charge in [-0.3, -0.25) is 9.78 Å². The lowest BCUT2D eigenvalue weighted by Gasteiger charge is -2.36. The van der Waals surface area contributed by atoms with E-state index in [0.717, 1.165) is 23.3 Å². The highest BCUT2D eigenvalue weighted by molar-refractivity contribution is 6.06. The lowest BCUT2D eigenvalue weighted by Crippen LogP contribution is -2.49. The Bertz CT molecular complexity index is 883. The van der Waals surface area contributed by atoms with E-state index in [1.54, 1.807) is 12.4 Å². The maximum atomic E-state index is 13.3. The third-order valence-corrected chi connectivity index (χ3v) is 4.54. The summed E-state index contributed by atoms with van der Waals surface area (Å²) in [4.78, 5) is 24.0. The van der Waals surface area contributed by atoms with E-state index in [9.17, 15) is 4.79 Å². The summed E-state index contributed by atoms with van der Waals surface area (Å²) in [7, 11) is 1.96. The van der Waals surface area contributed by atoms with Gasteiger partial charge in [0.2, 0.25) is 0 Å². The molecule has 1 fully saturated rings. The second-order valence-electron chi connectivity index (χ2n) is 5.99. The minimum Gasteiger partial charge on any atom is -0.336 e. The maximum absolute atomic E-state index is 13.3. The Balaban J connectivity index is 1.75. The quantitative estimate of drug-likeness (QED) is 0.781. The lowest BCUT2D eigenvalue weighted by atomic mass is 10.1. The molecular weight excluding hydrogens is 302 g/mol. The summed E-state index contributed by atoms with van der Waals surface area (Å²) in [6.45, 7) is 2.16. The lowest BCUT2D eigenvalue weighted by molar-refractivity contribution is 0.0623. The first-order valence-corrected chi connectivity index (χ1v) is 8.08. The van der Waals surface area contributed by atoms with Crippen molar-refractivity contribution >= 4 is 16.8 Å². The Morgan fingerprint density at radius 3 is 2.92 bits per heavy atom. The Kier molecular flexibility index (Phi) is 3.74. The molecule has 0 radical (unpaired) electrons. The zero-order valence-electron chi connectivity index (χ0n) is 13.5. The third kappa shape index (κ3) is 2.45. The van der Waals surface area contributed by atoms with Gasteiger partial charge in [0, 0.05) is 50.7 Å². The molecule has 1 saturated heterocycles. The maximum Gasteiger partial charge on any atom is 0.255 e. The Hall–Kier alpha value is -2.73. The van der Waals surface area contributed by atoms with Gasteiger partial charge in [-0.25, -0.2) is 4.98 Å². The van der Waals surface area contributed by atoms with Crippen LogP contribution in [-0.2, 0) is 7.05 Å². The largest absolute Gasteiger partial charge is 0.336 e. The van der Waals surface area contributed by atoms with Gasteiger partial charge in [0.1, 0.15) is 11.9 Å².